The minimum Gasteiger partial charge on any atom is -0.396 e. The molecule has 4 heteroatoms. The van der Waals surface area contributed by atoms with Gasteiger partial charge in [-0.1, -0.05) is 0 Å². The Morgan fingerprint density at radius 2 is 2.45 bits per heavy atom. The van der Waals surface area contributed by atoms with Crippen LogP contribution < -0.4 is 0 Å². The second-order valence-corrected chi connectivity index (χ2v) is 4.93. The van der Waals surface area contributed by atoms with Crippen LogP contribution in [-0.2, 0) is 5.75 Å². The Bertz CT molecular complexity index is 212. The largest absolute Gasteiger partial charge is 0.396 e. The summed E-state index contributed by atoms with van der Waals surface area (Å²) in [6.07, 6.45) is 0. The lowest BCUT2D eigenvalue weighted by molar-refractivity contribution is 0.322. The zero-order valence-electron chi connectivity index (χ0n) is 5.92. The Hall–Kier alpha value is 0.490. The van der Waals surface area contributed by atoms with Crippen LogP contribution in [0.2, 0.25) is 0 Å². The molecule has 0 aromatic carbocycles. The minimum absolute atomic E-state index is 0.271. The molecule has 0 unspecified atom stereocenters. The number of aliphatic hydroxyl groups excluding tert-OH is 1. The predicted molar refractivity (Wildman–Crippen MR) is 55.3 cm³/mol. The van der Waals surface area contributed by atoms with E-state index in [9.17, 15) is 0 Å². The van der Waals surface area contributed by atoms with E-state index in [-0.39, 0.29) is 6.61 Å². The molecule has 1 rings (SSSR count). The molecular formula is C7H9BrOS2. The summed E-state index contributed by atoms with van der Waals surface area (Å²) in [7, 11) is 0. The van der Waals surface area contributed by atoms with Crippen LogP contribution >= 0.6 is 39.0 Å². The highest BCUT2D eigenvalue weighted by molar-refractivity contribution is 9.10. The van der Waals surface area contributed by atoms with Gasteiger partial charge in [-0.05, 0) is 27.4 Å². The Morgan fingerprint density at radius 1 is 1.64 bits per heavy atom. The third kappa shape index (κ3) is 3.15. The highest BCUT2D eigenvalue weighted by Gasteiger charge is 1.99. The topological polar surface area (TPSA) is 20.2 Å². The molecule has 1 aromatic heterocycles. The maximum atomic E-state index is 8.54. The quantitative estimate of drug-likeness (QED) is 0.832. The van der Waals surface area contributed by atoms with E-state index in [2.05, 4.69) is 27.4 Å². The van der Waals surface area contributed by atoms with Gasteiger partial charge in [-0.25, -0.2) is 0 Å². The van der Waals surface area contributed by atoms with Gasteiger partial charge in [0.2, 0.25) is 0 Å². The van der Waals surface area contributed by atoms with Crippen molar-refractivity contribution >= 4 is 39.0 Å². The fourth-order valence-electron chi connectivity index (χ4n) is 0.658. The highest BCUT2D eigenvalue weighted by atomic mass is 79.9. The molecule has 0 spiro atoms. The first-order chi connectivity index (χ1) is 5.34. The first-order valence-electron chi connectivity index (χ1n) is 3.25. The van der Waals surface area contributed by atoms with Gasteiger partial charge in [0.05, 0.1) is 6.61 Å². The Kier molecular flexibility index (Phi) is 4.52. The standard InChI is InChI=1S/C7H9BrOS2/c8-6-1-3-11-7(6)5-10-4-2-9/h1,3,9H,2,4-5H2. The van der Waals surface area contributed by atoms with E-state index >= 15 is 0 Å². The Morgan fingerprint density at radius 3 is 3.00 bits per heavy atom. The first kappa shape index (κ1) is 9.58. The van der Waals surface area contributed by atoms with Crippen molar-refractivity contribution < 1.29 is 5.11 Å². The number of rotatable bonds is 4. The highest BCUT2D eigenvalue weighted by Crippen LogP contribution is 2.26. The number of thiophene rings is 1. The van der Waals surface area contributed by atoms with E-state index in [4.69, 9.17) is 5.11 Å². The van der Waals surface area contributed by atoms with Crippen LogP contribution in [-0.4, -0.2) is 17.5 Å². The van der Waals surface area contributed by atoms with Crippen LogP contribution in [0.25, 0.3) is 0 Å². The zero-order chi connectivity index (χ0) is 8.10. The van der Waals surface area contributed by atoms with Crippen LogP contribution in [0.1, 0.15) is 4.88 Å². The fraction of sp³-hybridized carbons (Fsp3) is 0.429. The van der Waals surface area contributed by atoms with Crippen molar-refractivity contribution in [1.29, 1.82) is 0 Å². The SMILES string of the molecule is OCCSCc1sccc1Br. The van der Waals surface area contributed by atoms with Gasteiger partial charge in [-0.3, -0.25) is 0 Å². The van der Waals surface area contributed by atoms with Crippen molar-refractivity contribution in [2.45, 2.75) is 5.75 Å². The molecule has 1 heterocycles. The second kappa shape index (κ2) is 5.19. The van der Waals surface area contributed by atoms with Gasteiger partial charge in [-0.15, -0.1) is 11.3 Å². The fourth-order valence-corrected chi connectivity index (χ4v) is 3.26. The van der Waals surface area contributed by atoms with Gasteiger partial charge in [0.15, 0.2) is 0 Å². The summed E-state index contributed by atoms with van der Waals surface area (Å²) in [6.45, 7) is 0.271. The Balaban J connectivity index is 2.32. The number of hydrogen-bond acceptors (Lipinski definition) is 3. The van der Waals surface area contributed by atoms with Gasteiger partial charge in [0, 0.05) is 20.9 Å². The molecule has 0 aliphatic carbocycles. The third-order valence-corrected chi connectivity index (χ3v) is 4.23. The lowest BCUT2D eigenvalue weighted by Gasteiger charge is -1.96. The lowest BCUT2D eigenvalue weighted by atomic mass is 10.5. The van der Waals surface area contributed by atoms with Gasteiger partial charge in [-0.2, -0.15) is 11.8 Å². The van der Waals surface area contributed by atoms with E-state index in [1.807, 2.05) is 0 Å². The Labute approximate surface area is 83.0 Å². The van der Waals surface area contributed by atoms with Gasteiger partial charge in [0.25, 0.3) is 0 Å². The molecule has 0 saturated carbocycles. The molecular weight excluding hydrogens is 244 g/mol. The van der Waals surface area contributed by atoms with Crippen molar-refractivity contribution in [2.75, 3.05) is 12.4 Å². The summed E-state index contributed by atoms with van der Waals surface area (Å²) in [5.74, 6) is 1.82. The molecule has 0 atom stereocenters. The molecule has 0 bridgehead atoms. The van der Waals surface area contributed by atoms with Crippen molar-refractivity contribution in [2.24, 2.45) is 0 Å². The molecule has 0 radical (unpaired) electrons. The minimum atomic E-state index is 0.271. The summed E-state index contributed by atoms with van der Waals surface area (Å²) in [5, 5.41) is 10.6. The smallest absolute Gasteiger partial charge is 0.0521 e. The summed E-state index contributed by atoms with van der Waals surface area (Å²) in [6, 6.07) is 2.06. The van der Waals surface area contributed by atoms with Crippen LogP contribution in [0.5, 0.6) is 0 Å². The maximum absolute atomic E-state index is 8.54. The van der Waals surface area contributed by atoms with E-state index in [0.29, 0.717) is 0 Å². The summed E-state index contributed by atoms with van der Waals surface area (Å²) < 4.78 is 1.19. The van der Waals surface area contributed by atoms with Crippen LogP contribution in [0, 0.1) is 0 Å². The van der Waals surface area contributed by atoms with Crippen LogP contribution in [0.15, 0.2) is 15.9 Å². The monoisotopic (exact) mass is 252 g/mol. The molecule has 11 heavy (non-hydrogen) atoms. The number of halogens is 1. The maximum Gasteiger partial charge on any atom is 0.0521 e. The van der Waals surface area contributed by atoms with Crippen LogP contribution in [0.3, 0.4) is 0 Å². The molecule has 0 aliphatic rings. The lowest BCUT2D eigenvalue weighted by Crippen LogP contribution is -1.86. The average molecular weight is 253 g/mol. The van der Waals surface area contributed by atoms with E-state index in [1.165, 1.54) is 9.35 Å². The van der Waals surface area contributed by atoms with Crippen LogP contribution in [0.4, 0.5) is 0 Å². The molecule has 62 valence electrons. The predicted octanol–water partition coefficient (Wildman–Crippen LogP) is 2.74. The van der Waals surface area contributed by atoms with E-state index < -0.39 is 0 Å². The third-order valence-electron chi connectivity index (χ3n) is 1.16. The molecule has 0 aliphatic heterocycles. The summed E-state index contributed by atoms with van der Waals surface area (Å²) >= 11 is 6.96. The van der Waals surface area contributed by atoms with E-state index in [1.54, 1.807) is 23.1 Å². The molecule has 0 saturated heterocycles. The van der Waals surface area contributed by atoms with Gasteiger partial charge < -0.3 is 5.11 Å². The zero-order valence-corrected chi connectivity index (χ0v) is 9.14. The molecule has 1 aromatic rings. The number of thioether (sulfide) groups is 1. The van der Waals surface area contributed by atoms with Crippen molar-refractivity contribution in [3.05, 3.63) is 20.8 Å². The second-order valence-electron chi connectivity index (χ2n) is 1.97. The average Bonchev–Trinajstić information content (AvgIpc) is 2.37. The van der Waals surface area contributed by atoms with Crippen molar-refractivity contribution in [3.63, 3.8) is 0 Å². The van der Waals surface area contributed by atoms with Crippen molar-refractivity contribution in [1.82, 2.24) is 0 Å². The van der Waals surface area contributed by atoms with Gasteiger partial charge >= 0.3 is 0 Å². The number of aliphatic hydroxyl groups is 1. The summed E-state index contributed by atoms with van der Waals surface area (Å²) in [4.78, 5) is 1.35. The first-order valence-corrected chi connectivity index (χ1v) is 6.08. The molecule has 0 amide bonds. The van der Waals surface area contributed by atoms with Crippen molar-refractivity contribution in [3.8, 4) is 0 Å². The number of hydrogen-bond donors (Lipinski definition) is 1. The molecule has 1 N–H and O–H groups in total. The molecule has 1 nitrogen and oxygen atoms in total. The van der Waals surface area contributed by atoms with E-state index in [0.717, 1.165) is 11.5 Å². The summed E-state index contributed by atoms with van der Waals surface area (Å²) in [5.41, 5.74) is 0. The normalized spacial score (nSPS) is 10.4. The van der Waals surface area contributed by atoms with Gasteiger partial charge in [0.1, 0.15) is 0 Å². The molecule has 0 fully saturated rings.